The highest BCUT2D eigenvalue weighted by atomic mass is 79.9. The van der Waals surface area contributed by atoms with Crippen LogP contribution in [0.5, 0.6) is 0 Å². The molecular formula is C14H18BrN3O. The molecule has 3 rings (SSSR count). The number of rotatable bonds is 4. The van der Waals surface area contributed by atoms with Crippen LogP contribution in [-0.4, -0.2) is 53.2 Å². The topological polar surface area (TPSA) is 36.4 Å². The first-order chi connectivity index (χ1) is 9.28. The van der Waals surface area contributed by atoms with Gasteiger partial charge in [0.2, 0.25) is 0 Å². The molecule has 1 aliphatic heterocycles. The van der Waals surface area contributed by atoms with E-state index in [9.17, 15) is 4.79 Å². The lowest BCUT2D eigenvalue weighted by molar-refractivity contribution is 0.102. The minimum absolute atomic E-state index is 0.0811. The van der Waals surface area contributed by atoms with Gasteiger partial charge < -0.3 is 4.90 Å². The lowest BCUT2D eigenvalue weighted by atomic mass is 10.2. The summed E-state index contributed by atoms with van der Waals surface area (Å²) in [5.41, 5.74) is 0.678. The molecule has 5 heteroatoms. The Balaban J connectivity index is 1.61. The molecule has 102 valence electrons. The molecule has 4 nitrogen and oxygen atoms in total. The van der Waals surface area contributed by atoms with E-state index in [0.717, 1.165) is 38.0 Å². The number of carbonyl (C=O) groups excluding carboxylic acids is 1. The van der Waals surface area contributed by atoms with Crippen LogP contribution in [0.4, 0.5) is 5.82 Å². The van der Waals surface area contributed by atoms with Gasteiger partial charge in [0.05, 0.1) is 5.33 Å². The van der Waals surface area contributed by atoms with E-state index >= 15 is 0 Å². The van der Waals surface area contributed by atoms with Gasteiger partial charge in [0.15, 0.2) is 5.78 Å². The van der Waals surface area contributed by atoms with Gasteiger partial charge >= 0.3 is 0 Å². The van der Waals surface area contributed by atoms with E-state index in [1.165, 1.54) is 12.8 Å². The Hall–Kier alpha value is -0.940. The highest BCUT2D eigenvalue weighted by Gasteiger charge is 2.31. The quantitative estimate of drug-likeness (QED) is 0.627. The number of piperazine rings is 1. The number of anilines is 1. The molecule has 1 aliphatic carbocycles. The minimum Gasteiger partial charge on any atom is -0.354 e. The van der Waals surface area contributed by atoms with Crippen molar-refractivity contribution in [2.75, 3.05) is 36.4 Å². The predicted molar refractivity (Wildman–Crippen MR) is 79.2 cm³/mol. The zero-order chi connectivity index (χ0) is 13.2. The standard InChI is InChI=1S/C14H18BrN3O/c15-9-13(19)11-1-4-14(16-10-11)18-7-5-17(6-8-18)12-2-3-12/h1,4,10,12H,2-3,5-9H2. The number of hydrogen-bond acceptors (Lipinski definition) is 4. The molecule has 0 radical (unpaired) electrons. The Bertz CT molecular complexity index is 450. The monoisotopic (exact) mass is 323 g/mol. The Morgan fingerprint density at radius 1 is 1.26 bits per heavy atom. The van der Waals surface area contributed by atoms with E-state index in [1.807, 2.05) is 12.1 Å². The normalized spacial score (nSPS) is 20.6. The van der Waals surface area contributed by atoms with Gasteiger partial charge in [-0.25, -0.2) is 4.98 Å². The molecule has 0 N–H and O–H groups in total. The van der Waals surface area contributed by atoms with Crippen LogP contribution in [0.1, 0.15) is 23.2 Å². The van der Waals surface area contributed by atoms with Crippen LogP contribution in [0, 0.1) is 0 Å². The molecule has 1 saturated heterocycles. The molecule has 0 unspecified atom stereocenters. The Kier molecular flexibility index (Phi) is 3.84. The fourth-order valence-electron chi connectivity index (χ4n) is 2.57. The third kappa shape index (κ3) is 2.98. The van der Waals surface area contributed by atoms with Crippen LogP contribution >= 0.6 is 15.9 Å². The van der Waals surface area contributed by atoms with E-state index in [1.54, 1.807) is 6.20 Å². The molecular weight excluding hydrogens is 306 g/mol. The van der Waals surface area contributed by atoms with E-state index in [-0.39, 0.29) is 5.78 Å². The molecule has 0 aromatic carbocycles. The zero-order valence-corrected chi connectivity index (χ0v) is 12.5. The fourth-order valence-corrected chi connectivity index (χ4v) is 2.89. The minimum atomic E-state index is 0.0811. The number of carbonyl (C=O) groups is 1. The van der Waals surface area contributed by atoms with E-state index in [4.69, 9.17) is 0 Å². The van der Waals surface area contributed by atoms with Crippen LogP contribution in [0.15, 0.2) is 18.3 Å². The van der Waals surface area contributed by atoms with Gasteiger partial charge in [-0.3, -0.25) is 9.69 Å². The van der Waals surface area contributed by atoms with Crippen molar-refractivity contribution in [2.24, 2.45) is 0 Å². The molecule has 0 spiro atoms. The van der Waals surface area contributed by atoms with Crippen LogP contribution in [0.3, 0.4) is 0 Å². The van der Waals surface area contributed by atoms with Gasteiger partial charge in [0.1, 0.15) is 5.82 Å². The van der Waals surface area contributed by atoms with Gasteiger partial charge in [-0.1, -0.05) is 15.9 Å². The Morgan fingerprint density at radius 2 is 2.00 bits per heavy atom. The SMILES string of the molecule is O=C(CBr)c1ccc(N2CCN(C3CC3)CC2)nc1. The van der Waals surface area contributed by atoms with Crippen LogP contribution in [-0.2, 0) is 0 Å². The Labute approximate surface area is 121 Å². The first-order valence-corrected chi connectivity index (χ1v) is 7.94. The summed E-state index contributed by atoms with van der Waals surface area (Å²) in [6, 6.07) is 4.69. The van der Waals surface area contributed by atoms with E-state index in [2.05, 4.69) is 30.7 Å². The molecule has 0 atom stereocenters. The number of Topliss-reactive ketones (excluding diaryl/α,β-unsaturated/α-hetero) is 1. The largest absolute Gasteiger partial charge is 0.354 e. The van der Waals surface area contributed by atoms with Crippen molar-refractivity contribution < 1.29 is 4.79 Å². The van der Waals surface area contributed by atoms with Crippen molar-refractivity contribution >= 4 is 27.5 Å². The average molecular weight is 324 g/mol. The summed E-state index contributed by atoms with van der Waals surface area (Å²) < 4.78 is 0. The lowest BCUT2D eigenvalue weighted by Gasteiger charge is -2.35. The molecule has 1 saturated carbocycles. The van der Waals surface area contributed by atoms with Crippen molar-refractivity contribution in [1.82, 2.24) is 9.88 Å². The number of hydrogen-bond donors (Lipinski definition) is 0. The van der Waals surface area contributed by atoms with Gasteiger partial charge in [-0.2, -0.15) is 0 Å². The summed E-state index contributed by atoms with van der Waals surface area (Å²) in [6.45, 7) is 4.34. The third-order valence-electron chi connectivity index (χ3n) is 3.89. The maximum absolute atomic E-state index is 11.5. The summed E-state index contributed by atoms with van der Waals surface area (Å²) in [5, 5.41) is 0.355. The molecule has 0 amide bonds. The highest BCUT2D eigenvalue weighted by Crippen LogP contribution is 2.28. The number of ketones is 1. The third-order valence-corrected chi connectivity index (χ3v) is 4.40. The maximum Gasteiger partial charge on any atom is 0.174 e. The van der Waals surface area contributed by atoms with E-state index in [0.29, 0.717) is 10.9 Å². The number of pyridine rings is 1. The Morgan fingerprint density at radius 3 is 2.53 bits per heavy atom. The predicted octanol–water partition coefficient (Wildman–Crippen LogP) is 1.94. The molecule has 2 aliphatic rings. The highest BCUT2D eigenvalue weighted by molar-refractivity contribution is 9.09. The van der Waals surface area contributed by atoms with E-state index < -0.39 is 0 Å². The van der Waals surface area contributed by atoms with Crippen molar-refractivity contribution in [3.63, 3.8) is 0 Å². The van der Waals surface area contributed by atoms with Crippen molar-refractivity contribution in [3.05, 3.63) is 23.9 Å². The second kappa shape index (κ2) is 5.59. The van der Waals surface area contributed by atoms with Gasteiger partial charge in [0.25, 0.3) is 0 Å². The lowest BCUT2D eigenvalue weighted by Crippen LogP contribution is -2.47. The molecule has 1 aromatic heterocycles. The number of aromatic nitrogens is 1. The van der Waals surface area contributed by atoms with Crippen LogP contribution in [0.2, 0.25) is 0 Å². The number of nitrogens with zero attached hydrogens (tertiary/aromatic N) is 3. The first kappa shape index (κ1) is 13.1. The summed E-state index contributed by atoms with van der Waals surface area (Å²) >= 11 is 3.18. The van der Waals surface area contributed by atoms with Crippen molar-refractivity contribution in [1.29, 1.82) is 0 Å². The number of alkyl halides is 1. The summed E-state index contributed by atoms with van der Waals surface area (Å²) in [4.78, 5) is 20.8. The fraction of sp³-hybridized carbons (Fsp3) is 0.571. The molecule has 1 aromatic rings. The zero-order valence-electron chi connectivity index (χ0n) is 10.9. The first-order valence-electron chi connectivity index (χ1n) is 6.82. The van der Waals surface area contributed by atoms with Crippen molar-refractivity contribution in [3.8, 4) is 0 Å². The van der Waals surface area contributed by atoms with Crippen LogP contribution < -0.4 is 4.90 Å². The summed E-state index contributed by atoms with van der Waals surface area (Å²) in [7, 11) is 0. The van der Waals surface area contributed by atoms with Crippen LogP contribution in [0.25, 0.3) is 0 Å². The smallest absolute Gasteiger partial charge is 0.174 e. The number of halogens is 1. The second-order valence-corrected chi connectivity index (χ2v) is 5.78. The van der Waals surface area contributed by atoms with Gasteiger partial charge in [-0.05, 0) is 25.0 Å². The molecule has 2 heterocycles. The van der Waals surface area contributed by atoms with Gasteiger partial charge in [-0.15, -0.1) is 0 Å². The van der Waals surface area contributed by atoms with Gasteiger partial charge in [0, 0.05) is 44.0 Å². The molecule has 0 bridgehead atoms. The molecule has 19 heavy (non-hydrogen) atoms. The molecule has 2 fully saturated rings. The second-order valence-electron chi connectivity index (χ2n) is 5.22. The average Bonchev–Trinajstić information content (AvgIpc) is 3.31. The van der Waals surface area contributed by atoms with Crippen molar-refractivity contribution in [2.45, 2.75) is 18.9 Å². The maximum atomic E-state index is 11.5. The summed E-state index contributed by atoms with van der Waals surface area (Å²) in [5.74, 6) is 1.07. The summed E-state index contributed by atoms with van der Waals surface area (Å²) in [6.07, 6.45) is 4.44.